The Morgan fingerprint density at radius 2 is 1.83 bits per heavy atom. The van der Waals surface area contributed by atoms with E-state index in [0.29, 0.717) is 12.0 Å². The van der Waals surface area contributed by atoms with Gasteiger partial charge < -0.3 is 5.73 Å². The van der Waals surface area contributed by atoms with Crippen LogP contribution in [0.5, 0.6) is 0 Å². The van der Waals surface area contributed by atoms with Crippen LogP contribution in [0.15, 0.2) is 48.5 Å². The van der Waals surface area contributed by atoms with Gasteiger partial charge in [0.2, 0.25) is 0 Å². The Hall–Kier alpha value is -1.67. The van der Waals surface area contributed by atoms with Gasteiger partial charge in [-0.2, -0.15) is 0 Å². The van der Waals surface area contributed by atoms with E-state index in [1.807, 2.05) is 44.2 Å². The summed E-state index contributed by atoms with van der Waals surface area (Å²) in [4.78, 5) is 0. The van der Waals surface area contributed by atoms with Gasteiger partial charge in [0.05, 0.1) is 5.54 Å². The van der Waals surface area contributed by atoms with Crippen molar-refractivity contribution in [2.45, 2.75) is 25.8 Å². The van der Waals surface area contributed by atoms with E-state index in [1.165, 1.54) is 6.07 Å². The van der Waals surface area contributed by atoms with Crippen molar-refractivity contribution >= 4 is 0 Å². The van der Waals surface area contributed by atoms with Crippen molar-refractivity contribution in [2.75, 3.05) is 0 Å². The van der Waals surface area contributed by atoms with Crippen LogP contribution in [0.1, 0.15) is 30.0 Å². The number of nitrogens with two attached hydrogens (primary N) is 1. The van der Waals surface area contributed by atoms with E-state index in [-0.39, 0.29) is 5.82 Å². The molecule has 0 radical (unpaired) electrons. The first kappa shape index (κ1) is 12.8. The largest absolute Gasteiger partial charge is 0.318 e. The maximum Gasteiger partial charge on any atom is 0.128 e. The molecule has 2 heteroatoms. The summed E-state index contributed by atoms with van der Waals surface area (Å²) in [5, 5.41) is 0. The second-order valence-corrected chi connectivity index (χ2v) is 4.67. The molecule has 2 rings (SSSR count). The quantitative estimate of drug-likeness (QED) is 0.873. The van der Waals surface area contributed by atoms with Crippen molar-refractivity contribution < 1.29 is 4.39 Å². The summed E-state index contributed by atoms with van der Waals surface area (Å²) in [5.41, 5.74) is 8.34. The van der Waals surface area contributed by atoms with Gasteiger partial charge in [0.25, 0.3) is 0 Å². The highest BCUT2D eigenvalue weighted by molar-refractivity contribution is 5.39. The minimum Gasteiger partial charge on any atom is -0.318 e. The third-order valence-corrected chi connectivity index (χ3v) is 3.45. The summed E-state index contributed by atoms with van der Waals surface area (Å²) >= 11 is 0. The summed E-state index contributed by atoms with van der Waals surface area (Å²) in [6.07, 6.45) is 0.650. The Bertz CT molecular complexity index is 550. The van der Waals surface area contributed by atoms with E-state index in [4.69, 9.17) is 5.73 Å². The zero-order valence-corrected chi connectivity index (χ0v) is 10.8. The molecule has 0 spiro atoms. The molecule has 2 aromatic rings. The van der Waals surface area contributed by atoms with Crippen LogP contribution in [-0.2, 0) is 5.54 Å². The summed E-state index contributed by atoms with van der Waals surface area (Å²) in [6, 6.07) is 14.7. The van der Waals surface area contributed by atoms with E-state index in [2.05, 4.69) is 0 Å². The van der Waals surface area contributed by atoms with Crippen LogP contribution in [-0.4, -0.2) is 0 Å². The maximum absolute atomic E-state index is 14.0. The lowest BCUT2D eigenvalue weighted by Gasteiger charge is -2.30. The van der Waals surface area contributed by atoms with Crippen molar-refractivity contribution in [3.8, 4) is 0 Å². The van der Waals surface area contributed by atoms with Crippen LogP contribution < -0.4 is 5.73 Å². The van der Waals surface area contributed by atoms with Gasteiger partial charge in [-0.15, -0.1) is 0 Å². The highest BCUT2D eigenvalue weighted by Crippen LogP contribution is 2.32. The number of hydrogen-bond acceptors (Lipinski definition) is 1. The fourth-order valence-corrected chi connectivity index (χ4v) is 2.30. The molecule has 0 saturated heterocycles. The molecule has 1 atom stereocenters. The maximum atomic E-state index is 14.0. The molecule has 1 unspecified atom stereocenters. The van der Waals surface area contributed by atoms with Crippen LogP contribution in [0.3, 0.4) is 0 Å². The summed E-state index contributed by atoms with van der Waals surface area (Å²) in [6.45, 7) is 4.00. The van der Waals surface area contributed by atoms with Crippen LogP contribution in [0.2, 0.25) is 0 Å². The van der Waals surface area contributed by atoms with Gasteiger partial charge in [-0.05, 0) is 25.0 Å². The lowest BCUT2D eigenvalue weighted by atomic mass is 9.81. The number of benzene rings is 2. The number of hydrogen-bond donors (Lipinski definition) is 1. The highest BCUT2D eigenvalue weighted by Gasteiger charge is 2.30. The van der Waals surface area contributed by atoms with E-state index >= 15 is 0 Å². The molecule has 0 fully saturated rings. The number of halogens is 1. The summed E-state index contributed by atoms with van der Waals surface area (Å²) in [7, 11) is 0. The monoisotopic (exact) mass is 243 g/mol. The van der Waals surface area contributed by atoms with E-state index in [0.717, 1.165) is 11.1 Å². The van der Waals surface area contributed by atoms with Gasteiger partial charge in [0.1, 0.15) is 5.82 Å². The molecule has 0 bridgehead atoms. The van der Waals surface area contributed by atoms with Crippen LogP contribution in [0, 0.1) is 12.7 Å². The second kappa shape index (κ2) is 4.91. The van der Waals surface area contributed by atoms with Crippen molar-refractivity contribution in [3.63, 3.8) is 0 Å². The lowest BCUT2D eigenvalue weighted by molar-refractivity contribution is 0.479. The number of rotatable bonds is 3. The zero-order chi connectivity index (χ0) is 13.2. The van der Waals surface area contributed by atoms with Crippen molar-refractivity contribution in [2.24, 2.45) is 5.73 Å². The first-order valence-corrected chi connectivity index (χ1v) is 6.19. The molecule has 94 valence electrons. The predicted molar refractivity (Wildman–Crippen MR) is 72.8 cm³/mol. The highest BCUT2D eigenvalue weighted by atomic mass is 19.1. The average molecular weight is 243 g/mol. The predicted octanol–water partition coefficient (Wildman–Crippen LogP) is 3.75. The van der Waals surface area contributed by atoms with Gasteiger partial charge in [0.15, 0.2) is 0 Å². The van der Waals surface area contributed by atoms with E-state index < -0.39 is 5.54 Å². The molecule has 0 aliphatic rings. The number of aryl methyl sites for hydroxylation is 1. The Kier molecular flexibility index (Phi) is 3.48. The fourth-order valence-electron chi connectivity index (χ4n) is 2.30. The van der Waals surface area contributed by atoms with Gasteiger partial charge in [-0.3, -0.25) is 0 Å². The lowest BCUT2D eigenvalue weighted by Crippen LogP contribution is -2.38. The second-order valence-electron chi connectivity index (χ2n) is 4.67. The Labute approximate surface area is 107 Å². The molecular formula is C16H18FN. The summed E-state index contributed by atoms with van der Waals surface area (Å²) in [5.74, 6) is -0.247. The zero-order valence-electron chi connectivity index (χ0n) is 10.8. The Morgan fingerprint density at radius 3 is 2.44 bits per heavy atom. The molecule has 0 aliphatic carbocycles. The molecule has 0 amide bonds. The standard InChI is InChI=1S/C16H18FN/c1-3-16(18,13-8-6-7-12(2)11-13)14-9-4-5-10-15(14)17/h4-11H,3,18H2,1-2H3. The van der Waals surface area contributed by atoms with Gasteiger partial charge in [-0.1, -0.05) is 55.0 Å². The molecule has 0 heterocycles. The third-order valence-electron chi connectivity index (χ3n) is 3.45. The first-order valence-electron chi connectivity index (χ1n) is 6.19. The average Bonchev–Trinajstić information content (AvgIpc) is 2.38. The van der Waals surface area contributed by atoms with Crippen LogP contribution >= 0.6 is 0 Å². The molecule has 0 aromatic heterocycles. The normalized spacial score (nSPS) is 14.2. The molecule has 0 saturated carbocycles. The molecule has 2 N–H and O–H groups in total. The van der Waals surface area contributed by atoms with Gasteiger partial charge >= 0.3 is 0 Å². The van der Waals surface area contributed by atoms with Crippen LogP contribution in [0.25, 0.3) is 0 Å². The van der Waals surface area contributed by atoms with Crippen molar-refractivity contribution in [1.29, 1.82) is 0 Å². The van der Waals surface area contributed by atoms with Crippen LogP contribution in [0.4, 0.5) is 4.39 Å². The fraction of sp³-hybridized carbons (Fsp3) is 0.250. The van der Waals surface area contributed by atoms with E-state index in [1.54, 1.807) is 12.1 Å². The Morgan fingerprint density at radius 1 is 1.11 bits per heavy atom. The molecule has 18 heavy (non-hydrogen) atoms. The molecule has 0 aliphatic heterocycles. The molecular weight excluding hydrogens is 225 g/mol. The van der Waals surface area contributed by atoms with E-state index in [9.17, 15) is 4.39 Å². The van der Waals surface area contributed by atoms with Gasteiger partial charge in [0, 0.05) is 5.56 Å². The minimum atomic E-state index is -0.767. The third kappa shape index (κ3) is 2.16. The van der Waals surface area contributed by atoms with Crippen molar-refractivity contribution in [3.05, 3.63) is 71.0 Å². The topological polar surface area (TPSA) is 26.0 Å². The summed E-state index contributed by atoms with van der Waals surface area (Å²) < 4.78 is 14.0. The Balaban J connectivity index is 2.59. The SMILES string of the molecule is CCC(N)(c1cccc(C)c1)c1ccccc1F. The smallest absolute Gasteiger partial charge is 0.128 e. The molecule has 2 aromatic carbocycles. The van der Waals surface area contributed by atoms with Crippen molar-refractivity contribution in [1.82, 2.24) is 0 Å². The first-order chi connectivity index (χ1) is 8.58. The molecule has 1 nitrogen and oxygen atoms in total. The minimum absolute atomic E-state index is 0.247. The van der Waals surface area contributed by atoms with Gasteiger partial charge in [-0.25, -0.2) is 4.39 Å².